The molecular formula is C18H15ClO3. The van der Waals surface area contributed by atoms with Gasteiger partial charge in [-0.2, -0.15) is 0 Å². The SMILES string of the molecule is C#CCOC(=O)c1ccc(OCc2ccccc2C)c(Cl)c1. The van der Waals surface area contributed by atoms with E-state index in [1.165, 1.54) is 6.07 Å². The first-order chi connectivity index (χ1) is 10.6. The van der Waals surface area contributed by atoms with Crippen LogP contribution in [0.15, 0.2) is 42.5 Å². The Morgan fingerprint density at radius 2 is 2.05 bits per heavy atom. The van der Waals surface area contributed by atoms with E-state index in [0.717, 1.165) is 11.1 Å². The standard InChI is InChI=1S/C18H15ClO3/c1-3-10-21-18(20)14-8-9-17(16(19)11-14)22-12-15-7-5-4-6-13(15)2/h1,4-9,11H,10,12H2,2H3. The number of benzene rings is 2. The Kier molecular flexibility index (Phi) is 5.46. The minimum Gasteiger partial charge on any atom is -0.487 e. The molecule has 0 saturated heterocycles. The summed E-state index contributed by atoms with van der Waals surface area (Å²) in [5.41, 5.74) is 2.56. The molecule has 0 atom stereocenters. The topological polar surface area (TPSA) is 35.5 Å². The number of carbonyl (C=O) groups excluding carboxylic acids is 1. The summed E-state index contributed by atoms with van der Waals surface area (Å²) in [6.45, 7) is 2.36. The molecule has 0 heterocycles. The average molecular weight is 315 g/mol. The number of aryl methyl sites for hydroxylation is 1. The Bertz CT molecular complexity index is 717. The maximum absolute atomic E-state index is 11.7. The Morgan fingerprint density at radius 3 is 2.73 bits per heavy atom. The van der Waals surface area contributed by atoms with Crippen molar-refractivity contribution in [3.05, 3.63) is 64.2 Å². The Balaban J connectivity index is 2.06. The minimum atomic E-state index is -0.509. The highest BCUT2D eigenvalue weighted by Crippen LogP contribution is 2.27. The predicted molar refractivity (Wildman–Crippen MR) is 86.1 cm³/mol. The van der Waals surface area contributed by atoms with E-state index in [1.807, 2.05) is 31.2 Å². The molecule has 0 aliphatic rings. The van der Waals surface area contributed by atoms with Gasteiger partial charge in [-0.1, -0.05) is 41.8 Å². The fraction of sp³-hybridized carbons (Fsp3) is 0.167. The van der Waals surface area contributed by atoms with Crippen molar-refractivity contribution in [2.24, 2.45) is 0 Å². The van der Waals surface area contributed by atoms with Crippen molar-refractivity contribution in [3.63, 3.8) is 0 Å². The summed E-state index contributed by atoms with van der Waals surface area (Å²) in [5, 5.41) is 0.351. The zero-order chi connectivity index (χ0) is 15.9. The molecule has 4 heteroatoms. The summed E-state index contributed by atoms with van der Waals surface area (Å²) in [7, 11) is 0. The van der Waals surface area contributed by atoms with Gasteiger partial charge in [0, 0.05) is 0 Å². The molecule has 2 aromatic carbocycles. The molecule has 0 aromatic heterocycles. The monoisotopic (exact) mass is 314 g/mol. The second-order valence-corrected chi connectivity index (χ2v) is 5.05. The molecule has 0 N–H and O–H groups in total. The van der Waals surface area contributed by atoms with Crippen molar-refractivity contribution in [1.29, 1.82) is 0 Å². The summed E-state index contributed by atoms with van der Waals surface area (Å²) in [5.74, 6) is 2.24. The maximum atomic E-state index is 11.7. The van der Waals surface area contributed by atoms with Crippen molar-refractivity contribution in [2.75, 3.05) is 6.61 Å². The van der Waals surface area contributed by atoms with Gasteiger partial charge in [0.15, 0.2) is 6.61 Å². The molecule has 22 heavy (non-hydrogen) atoms. The van der Waals surface area contributed by atoms with Crippen molar-refractivity contribution in [1.82, 2.24) is 0 Å². The van der Waals surface area contributed by atoms with E-state index >= 15 is 0 Å². The number of hydrogen-bond acceptors (Lipinski definition) is 3. The van der Waals surface area contributed by atoms with E-state index in [9.17, 15) is 4.79 Å². The summed E-state index contributed by atoms with van der Waals surface area (Å²) in [6.07, 6.45) is 5.04. The molecule has 0 radical (unpaired) electrons. The quantitative estimate of drug-likeness (QED) is 0.617. The lowest BCUT2D eigenvalue weighted by atomic mass is 10.1. The average Bonchev–Trinajstić information content (AvgIpc) is 2.52. The normalized spacial score (nSPS) is 9.86. The lowest BCUT2D eigenvalue weighted by Gasteiger charge is -2.11. The molecule has 0 aliphatic carbocycles. The van der Waals surface area contributed by atoms with Crippen LogP contribution in [0.5, 0.6) is 5.75 Å². The molecule has 2 rings (SSSR count). The molecule has 0 saturated carbocycles. The first-order valence-corrected chi connectivity index (χ1v) is 7.07. The van der Waals surface area contributed by atoms with Crippen molar-refractivity contribution < 1.29 is 14.3 Å². The summed E-state index contributed by atoms with van der Waals surface area (Å²) >= 11 is 6.14. The van der Waals surface area contributed by atoms with Gasteiger partial charge >= 0.3 is 5.97 Å². The maximum Gasteiger partial charge on any atom is 0.339 e. The third kappa shape index (κ3) is 4.03. The van der Waals surface area contributed by atoms with Gasteiger partial charge in [-0.15, -0.1) is 6.42 Å². The number of carbonyl (C=O) groups is 1. The van der Waals surface area contributed by atoms with Crippen LogP contribution in [-0.2, 0) is 11.3 Å². The second-order valence-electron chi connectivity index (χ2n) is 4.64. The molecular weight excluding hydrogens is 300 g/mol. The zero-order valence-corrected chi connectivity index (χ0v) is 12.9. The highest BCUT2D eigenvalue weighted by Gasteiger charge is 2.10. The van der Waals surface area contributed by atoms with Crippen LogP contribution in [0.25, 0.3) is 0 Å². The number of esters is 1. The van der Waals surface area contributed by atoms with E-state index in [-0.39, 0.29) is 6.61 Å². The molecule has 2 aromatic rings. The van der Waals surface area contributed by atoms with E-state index in [1.54, 1.807) is 12.1 Å². The van der Waals surface area contributed by atoms with Crippen LogP contribution >= 0.6 is 11.6 Å². The highest BCUT2D eigenvalue weighted by molar-refractivity contribution is 6.32. The predicted octanol–water partition coefficient (Wildman–Crippen LogP) is 4.02. The molecule has 112 valence electrons. The number of hydrogen-bond donors (Lipinski definition) is 0. The van der Waals surface area contributed by atoms with Gasteiger partial charge in [0.05, 0.1) is 10.6 Å². The van der Waals surface area contributed by atoms with Gasteiger partial charge < -0.3 is 9.47 Å². The van der Waals surface area contributed by atoms with Crippen LogP contribution in [-0.4, -0.2) is 12.6 Å². The summed E-state index contributed by atoms with van der Waals surface area (Å²) < 4.78 is 10.5. The van der Waals surface area contributed by atoms with Crippen molar-refractivity contribution in [2.45, 2.75) is 13.5 Å². The van der Waals surface area contributed by atoms with E-state index in [4.69, 9.17) is 27.5 Å². The largest absolute Gasteiger partial charge is 0.487 e. The van der Waals surface area contributed by atoms with E-state index in [0.29, 0.717) is 22.9 Å². The van der Waals surface area contributed by atoms with Crippen LogP contribution < -0.4 is 4.74 Å². The minimum absolute atomic E-state index is 0.0675. The summed E-state index contributed by atoms with van der Waals surface area (Å²) in [6, 6.07) is 12.7. The number of ether oxygens (including phenoxy) is 2. The third-order valence-electron chi connectivity index (χ3n) is 3.10. The molecule has 0 unspecified atom stereocenters. The Labute approximate surface area is 134 Å². The van der Waals surface area contributed by atoms with Gasteiger partial charge in [0.1, 0.15) is 12.4 Å². The molecule has 0 aliphatic heterocycles. The zero-order valence-electron chi connectivity index (χ0n) is 12.1. The second kappa shape index (κ2) is 7.53. The van der Waals surface area contributed by atoms with Crippen LogP contribution in [0.2, 0.25) is 5.02 Å². The highest BCUT2D eigenvalue weighted by atomic mass is 35.5. The first kappa shape index (κ1) is 15.9. The number of rotatable bonds is 5. The van der Waals surface area contributed by atoms with E-state index < -0.39 is 5.97 Å². The Hall–Kier alpha value is -2.44. The molecule has 0 amide bonds. The lowest BCUT2D eigenvalue weighted by Crippen LogP contribution is -2.05. The third-order valence-corrected chi connectivity index (χ3v) is 3.39. The van der Waals surface area contributed by atoms with Crippen molar-refractivity contribution >= 4 is 17.6 Å². The smallest absolute Gasteiger partial charge is 0.339 e. The number of halogens is 1. The summed E-state index contributed by atoms with van der Waals surface area (Å²) in [4.78, 5) is 11.7. The van der Waals surface area contributed by atoms with Crippen LogP contribution in [0.1, 0.15) is 21.5 Å². The molecule has 0 fully saturated rings. The number of terminal acetylenes is 1. The van der Waals surface area contributed by atoms with Crippen LogP contribution in [0.4, 0.5) is 0 Å². The fourth-order valence-electron chi connectivity index (χ4n) is 1.86. The van der Waals surface area contributed by atoms with Gasteiger partial charge in [-0.05, 0) is 36.2 Å². The van der Waals surface area contributed by atoms with E-state index in [2.05, 4.69) is 5.92 Å². The Morgan fingerprint density at radius 1 is 1.27 bits per heavy atom. The lowest BCUT2D eigenvalue weighted by molar-refractivity contribution is 0.0556. The molecule has 0 spiro atoms. The fourth-order valence-corrected chi connectivity index (χ4v) is 2.10. The van der Waals surface area contributed by atoms with Crippen LogP contribution in [0.3, 0.4) is 0 Å². The van der Waals surface area contributed by atoms with Gasteiger partial charge in [0.2, 0.25) is 0 Å². The molecule has 0 bridgehead atoms. The van der Waals surface area contributed by atoms with Gasteiger partial charge in [-0.3, -0.25) is 0 Å². The van der Waals surface area contributed by atoms with Crippen LogP contribution in [0, 0.1) is 19.3 Å². The first-order valence-electron chi connectivity index (χ1n) is 6.69. The van der Waals surface area contributed by atoms with Gasteiger partial charge in [0.25, 0.3) is 0 Å². The molecule has 3 nitrogen and oxygen atoms in total. The van der Waals surface area contributed by atoms with Crippen molar-refractivity contribution in [3.8, 4) is 18.1 Å². The van der Waals surface area contributed by atoms with Gasteiger partial charge in [-0.25, -0.2) is 4.79 Å².